The number of hydrogen-bond acceptors (Lipinski definition) is 4. The van der Waals surface area contributed by atoms with Gasteiger partial charge in [0, 0.05) is 5.56 Å². The highest BCUT2D eigenvalue weighted by Gasteiger charge is 2.17. The average molecular weight is 384 g/mol. The molecule has 28 heavy (non-hydrogen) atoms. The molecule has 0 atom stereocenters. The van der Waals surface area contributed by atoms with Crippen LogP contribution < -0.4 is 5.32 Å². The number of nitrogens with zero attached hydrogens (tertiary/aromatic N) is 1. The summed E-state index contributed by atoms with van der Waals surface area (Å²) in [5.41, 5.74) is 3.21. The normalized spacial score (nSPS) is 10.7. The van der Waals surface area contributed by atoms with E-state index in [0.717, 1.165) is 28.8 Å². The van der Waals surface area contributed by atoms with Gasteiger partial charge in [-0.1, -0.05) is 18.2 Å². The Kier molecular flexibility index (Phi) is 6.08. The highest BCUT2D eigenvalue weighted by atomic mass is 19.1. The van der Waals surface area contributed by atoms with Gasteiger partial charge in [0.2, 0.25) is 0 Å². The van der Waals surface area contributed by atoms with E-state index in [4.69, 9.17) is 4.89 Å². The number of rotatable bonds is 6. The first-order chi connectivity index (χ1) is 13.5. The van der Waals surface area contributed by atoms with Crippen molar-refractivity contribution >= 4 is 11.6 Å². The van der Waals surface area contributed by atoms with Gasteiger partial charge in [-0.25, -0.2) is 18.6 Å². The van der Waals surface area contributed by atoms with Gasteiger partial charge in [-0.2, -0.15) is 0 Å². The van der Waals surface area contributed by atoms with Gasteiger partial charge in [0.1, 0.15) is 23.8 Å². The second-order valence-corrected chi connectivity index (χ2v) is 6.06. The van der Waals surface area contributed by atoms with E-state index in [1.165, 1.54) is 19.4 Å². The van der Waals surface area contributed by atoms with Crippen LogP contribution in [0, 0.1) is 18.6 Å². The SMILES string of the molecule is COOCc1ccc(C)c(-c2ccc(NC(=O)c3c(F)cccc3F)cn2)c1. The maximum atomic E-state index is 13.7. The van der Waals surface area contributed by atoms with Crippen LogP contribution in [-0.4, -0.2) is 18.0 Å². The second-order valence-electron chi connectivity index (χ2n) is 6.06. The van der Waals surface area contributed by atoms with Gasteiger partial charge >= 0.3 is 0 Å². The van der Waals surface area contributed by atoms with E-state index in [2.05, 4.69) is 15.2 Å². The summed E-state index contributed by atoms with van der Waals surface area (Å²) in [4.78, 5) is 26.1. The van der Waals surface area contributed by atoms with Crippen LogP contribution in [0.4, 0.5) is 14.5 Å². The van der Waals surface area contributed by atoms with Gasteiger partial charge in [0.05, 0.1) is 24.7 Å². The molecule has 2 aromatic carbocycles. The Balaban J connectivity index is 1.80. The van der Waals surface area contributed by atoms with E-state index in [9.17, 15) is 13.6 Å². The van der Waals surface area contributed by atoms with Crippen molar-refractivity contribution in [3.8, 4) is 11.3 Å². The number of carbonyl (C=O) groups is 1. The maximum absolute atomic E-state index is 13.7. The number of aromatic nitrogens is 1. The Labute approximate surface area is 160 Å². The number of nitrogens with one attached hydrogen (secondary N) is 1. The monoisotopic (exact) mass is 384 g/mol. The lowest BCUT2D eigenvalue weighted by atomic mass is 10.0. The molecule has 0 aliphatic heterocycles. The largest absolute Gasteiger partial charge is 0.320 e. The number of anilines is 1. The summed E-state index contributed by atoms with van der Waals surface area (Å²) < 4.78 is 27.4. The highest BCUT2D eigenvalue weighted by Crippen LogP contribution is 2.24. The Morgan fingerprint density at radius 2 is 1.86 bits per heavy atom. The first-order valence-electron chi connectivity index (χ1n) is 8.46. The zero-order chi connectivity index (χ0) is 20.1. The molecule has 0 saturated heterocycles. The van der Waals surface area contributed by atoms with Crippen LogP contribution in [0.1, 0.15) is 21.5 Å². The lowest BCUT2D eigenvalue weighted by Crippen LogP contribution is -2.15. The fraction of sp³-hybridized carbons (Fsp3) is 0.143. The van der Waals surface area contributed by atoms with Crippen molar-refractivity contribution in [2.24, 2.45) is 0 Å². The summed E-state index contributed by atoms with van der Waals surface area (Å²) in [6.07, 6.45) is 1.43. The standard InChI is InChI=1S/C21H18F2N2O3/c1-13-6-7-14(12-28-27-2)10-16(13)19-9-8-15(11-24-19)25-21(26)20-17(22)4-3-5-18(20)23/h3-11H,12H2,1-2H3,(H,25,26). The van der Waals surface area contributed by atoms with E-state index >= 15 is 0 Å². The summed E-state index contributed by atoms with van der Waals surface area (Å²) >= 11 is 0. The predicted molar refractivity (Wildman–Crippen MR) is 101 cm³/mol. The number of hydrogen-bond donors (Lipinski definition) is 1. The summed E-state index contributed by atoms with van der Waals surface area (Å²) in [7, 11) is 1.44. The fourth-order valence-corrected chi connectivity index (χ4v) is 2.70. The number of amides is 1. The van der Waals surface area contributed by atoms with E-state index in [-0.39, 0.29) is 0 Å². The molecule has 0 aliphatic rings. The molecular formula is C21H18F2N2O3. The van der Waals surface area contributed by atoms with Crippen LogP contribution in [0.3, 0.4) is 0 Å². The molecule has 7 heteroatoms. The Bertz CT molecular complexity index is 971. The van der Waals surface area contributed by atoms with Crippen molar-refractivity contribution < 1.29 is 23.4 Å². The summed E-state index contributed by atoms with van der Waals surface area (Å²) in [5, 5.41) is 2.45. The molecule has 0 unspecified atom stereocenters. The molecule has 0 radical (unpaired) electrons. The molecular weight excluding hydrogens is 366 g/mol. The molecule has 0 bridgehead atoms. The number of benzene rings is 2. The third-order valence-corrected chi connectivity index (χ3v) is 4.13. The maximum Gasteiger partial charge on any atom is 0.261 e. The quantitative estimate of drug-likeness (QED) is 0.496. The van der Waals surface area contributed by atoms with Crippen LogP contribution in [0.15, 0.2) is 54.7 Å². The number of pyridine rings is 1. The van der Waals surface area contributed by atoms with Crippen LogP contribution in [-0.2, 0) is 16.4 Å². The molecule has 0 spiro atoms. The van der Waals surface area contributed by atoms with Gasteiger partial charge < -0.3 is 5.32 Å². The summed E-state index contributed by atoms with van der Waals surface area (Å²) in [6, 6.07) is 12.4. The third kappa shape index (κ3) is 4.39. The topological polar surface area (TPSA) is 60.5 Å². The minimum Gasteiger partial charge on any atom is -0.320 e. The minimum atomic E-state index is -0.923. The minimum absolute atomic E-state index is 0.298. The Morgan fingerprint density at radius 1 is 1.11 bits per heavy atom. The Morgan fingerprint density at radius 3 is 2.50 bits per heavy atom. The van der Waals surface area contributed by atoms with Crippen molar-refractivity contribution in [2.75, 3.05) is 12.4 Å². The lowest BCUT2D eigenvalue weighted by Gasteiger charge is -2.10. The second kappa shape index (κ2) is 8.69. The molecule has 0 aliphatic carbocycles. The van der Waals surface area contributed by atoms with E-state index in [1.54, 1.807) is 12.1 Å². The van der Waals surface area contributed by atoms with Gasteiger partial charge in [-0.3, -0.25) is 9.78 Å². The summed E-state index contributed by atoms with van der Waals surface area (Å²) in [5.74, 6) is -2.72. The Hall–Kier alpha value is -3.16. The zero-order valence-electron chi connectivity index (χ0n) is 15.3. The van der Waals surface area contributed by atoms with Crippen LogP contribution >= 0.6 is 0 Å². The number of halogens is 2. The van der Waals surface area contributed by atoms with Crippen molar-refractivity contribution in [1.29, 1.82) is 0 Å². The van der Waals surface area contributed by atoms with Crippen LogP contribution in [0.2, 0.25) is 0 Å². The van der Waals surface area contributed by atoms with Crippen molar-refractivity contribution in [1.82, 2.24) is 4.98 Å². The first-order valence-corrected chi connectivity index (χ1v) is 8.46. The zero-order valence-corrected chi connectivity index (χ0v) is 15.3. The molecule has 0 saturated carbocycles. The van der Waals surface area contributed by atoms with Crippen molar-refractivity contribution in [3.05, 3.63) is 83.1 Å². The van der Waals surface area contributed by atoms with E-state index < -0.39 is 23.1 Å². The molecule has 1 aromatic heterocycles. The highest BCUT2D eigenvalue weighted by molar-refractivity contribution is 6.04. The lowest BCUT2D eigenvalue weighted by molar-refractivity contribution is -0.282. The van der Waals surface area contributed by atoms with Crippen LogP contribution in [0.25, 0.3) is 11.3 Å². The molecule has 1 N–H and O–H groups in total. The molecule has 144 valence electrons. The molecule has 0 fully saturated rings. The summed E-state index contributed by atoms with van der Waals surface area (Å²) in [6.45, 7) is 2.25. The molecule has 5 nitrogen and oxygen atoms in total. The first kappa shape index (κ1) is 19.6. The molecule has 1 amide bonds. The third-order valence-electron chi connectivity index (χ3n) is 4.13. The van der Waals surface area contributed by atoms with Crippen LogP contribution in [0.5, 0.6) is 0 Å². The predicted octanol–water partition coefficient (Wildman–Crippen LogP) is 4.67. The van der Waals surface area contributed by atoms with Crippen molar-refractivity contribution in [2.45, 2.75) is 13.5 Å². The van der Waals surface area contributed by atoms with E-state index in [0.29, 0.717) is 18.0 Å². The van der Waals surface area contributed by atoms with Crippen molar-refractivity contribution in [3.63, 3.8) is 0 Å². The van der Waals surface area contributed by atoms with Gasteiger partial charge in [0.25, 0.3) is 5.91 Å². The number of carbonyl (C=O) groups excluding carboxylic acids is 1. The average Bonchev–Trinajstić information content (AvgIpc) is 2.68. The van der Waals surface area contributed by atoms with Gasteiger partial charge in [-0.05, 0) is 48.4 Å². The van der Waals surface area contributed by atoms with Gasteiger partial charge in [0.15, 0.2) is 0 Å². The smallest absolute Gasteiger partial charge is 0.261 e. The number of aryl methyl sites for hydroxylation is 1. The fourth-order valence-electron chi connectivity index (χ4n) is 2.70. The molecule has 1 heterocycles. The molecule has 3 rings (SSSR count). The van der Waals surface area contributed by atoms with Gasteiger partial charge in [-0.15, -0.1) is 0 Å². The molecule has 3 aromatic rings. The van der Waals surface area contributed by atoms with E-state index in [1.807, 2.05) is 25.1 Å².